The molecule has 0 radical (unpaired) electrons. The third-order valence-corrected chi connectivity index (χ3v) is 2.51. The molecule has 2 rings (SSSR count). The van der Waals surface area contributed by atoms with E-state index < -0.39 is 6.17 Å². The van der Waals surface area contributed by atoms with Gasteiger partial charge in [0, 0.05) is 30.7 Å². The Morgan fingerprint density at radius 1 is 1.43 bits per heavy atom. The van der Waals surface area contributed by atoms with E-state index >= 15 is 0 Å². The van der Waals surface area contributed by atoms with E-state index in [4.69, 9.17) is 5.73 Å². The van der Waals surface area contributed by atoms with Crippen LogP contribution in [0.25, 0.3) is 10.9 Å². The summed E-state index contributed by atoms with van der Waals surface area (Å²) in [7, 11) is 1.95. The van der Waals surface area contributed by atoms with Crippen LogP contribution < -0.4 is 5.73 Å². The fourth-order valence-corrected chi connectivity index (χ4v) is 1.73. The number of rotatable bonds is 2. The molecule has 0 bridgehead atoms. The van der Waals surface area contributed by atoms with Crippen LogP contribution in [0, 0.1) is 0 Å². The zero-order valence-corrected chi connectivity index (χ0v) is 8.07. The summed E-state index contributed by atoms with van der Waals surface area (Å²) in [6.45, 7) is 0.0357. The first-order valence-corrected chi connectivity index (χ1v) is 4.62. The molecule has 1 atom stereocenters. The lowest BCUT2D eigenvalue weighted by molar-refractivity contribution is 0.355. The zero-order chi connectivity index (χ0) is 10.1. The van der Waals surface area contributed by atoms with Crippen LogP contribution in [0.5, 0.6) is 0 Å². The summed E-state index contributed by atoms with van der Waals surface area (Å²) in [4.78, 5) is 0. The third kappa shape index (κ3) is 1.30. The first-order chi connectivity index (χ1) is 6.74. The van der Waals surface area contributed by atoms with Gasteiger partial charge >= 0.3 is 0 Å². The molecule has 1 heterocycles. The Kier molecular flexibility index (Phi) is 2.25. The van der Waals surface area contributed by atoms with Gasteiger partial charge in [0.25, 0.3) is 0 Å². The smallest absolute Gasteiger partial charge is 0.138 e. The van der Waals surface area contributed by atoms with Crippen molar-refractivity contribution in [2.24, 2.45) is 12.8 Å². The van der Waals surface area contributed by atoms with Crippen molar-refractivity contribution in [3.63, 3.8) is 0 Å². The molecule has 0 fully saturated rings. The number of aromatic nitrogens is 1. The van der Waals surface area contributed by atoms with Crippen LogP contribution in [0.1, 0.15) is 11.7 Å². The number of benzene rings is 1. The molecule has 2 aromatic rings. The van der Waals surface area contributed by atoms with Crippen LogP contribution in [0.4, 0.5) is 4.39 Å². The van der Waals surface area contributed by atoms with Crippen molar-refractivity contribution in [3.8, 4) is 0 Å². The largest absolute Gasteiger partial charge is 0.351 e. The number of hydrogen-bond acceptors (Lipinski definition) is 1. The minimum Gasteiger partial charge on any atom is -0.351 e. The van der Waals surface area contributed by atoms with Crippen LogP contribution in [0.3, 0.4) is 0 Å². The molecule has 3 heteroatoms. The average Bonchev–Trinajstić information content (AvgIpc) is 2.59. The van der Waals surface area contributed by atoms with Crippen molar-refractivity contribution in [2.45, 2.75) is 6.17 Å². The molecule has 0 aliphatic heterocycles. The fourth-order valence-electron chi connectivity index (χ4n) is 1.73. The molecule has 1 aromatic carbocycles. The van der Waals surface area contributed by atoms with Gasteiger partial charge in [-0.25, -0.2) is 4.39 Å². The molecule has 0 amide bonds. The highest BCUT2D eigenvalue weighted by atomic mass is 19.1. The Morgan fingerprint density at radius 2 is 2.21 bits per heavy atom. The number of halogens is 1. The Hall–Kier alpha value is -1.35. The van der Waals surface area contributed by atoms with Gasteiger partial charge in [0.1, 0.15) is 6.17 Å². The molecule has 1 unspecified atom stereocenters. The van der Waals surface area contributed by atoms with Gasteiger partial charge in [-0.1, -0.05) is 12.1 Å². The monoisotopic (exact) mass is 192 g/mol. The summed E-state index contributed by atoms with van der Waals surface area (Å²) in [6, 6.07) is 7.55. The molecule has 0 spiro atoms. The van der Waals surface area contributed by atoms with Crippen molar-refractivity contribution in [2.75, 3.05) is 6.54 Å². The second kappa shape index (κ2) is 3.42. The summed E-state index contributed by atoms with van der Waals surface area (Å²) in [5.74, 6) is 0. The van der Waals surface area contributed by atoms with E-state index in [1.807, 2.05) is 36.0 Å². The zero-order valence-electron chi connectivity index (χ0n) is 8.07. The predicted molar refractivity (Wildman–Crippen MR) is 55.8 cm³/mol. The highest BCUT2D eigenvalue weighted by Crippen LogP contribution is 2.26. The van der Waals surface area contributed by atoms with Crippen LogP contribution in [0.15, 0.2) is 30.5 Å². The lowest BCUT2D eigenvalue weighted by Crippen LogP contribution is -2.07. The van der Waals surface area contributed by atoms with Gasteiger partial charge in [-0.15, -0.1) is 0 Å². The van der Waals surface area contributed by atoms with Crippen molar-refractivity contribution >= 4 is 10.9 Å². The number of nitrogens with zero attached hydrogens (tertiary/aromatic N) is 1. The molecular weight excluding hydrogens is 179 g/mol. The van der Waals surface area contributed by atoms with E-state index in [2.05, 4.69) is 0 Å². The fraction of sp³-hybridized carbons (Fsp3) is 0.273. The first kappa shape index (κ1) is 9.21. The SMILES string of the molecule is Cn1ccc2c(C(F)CN)cccc21. The molecule has 0 aliphatic rings. The molecule has 0 aliphatic carbocycles. The summed E-state index contributed by atoms with van der Waals surface area (Å²) < 4.78 is 15.4. The number of aryl methyl sites for hydroxylation is 1. The second-order valence-corrected chi connectivity index (χ2v) is 3.41. The summed E-state index contributed by atoms with van der Waals surface area (Å²) in [5.41, 5.74) is 7.05. The van der Waals surface area contributed by atoms with Crippen LogP contribution >= 0.6 is 0 Å². The molecule has 0 saturated carbocycles. The van der Waals surface area contributed by atoms with E-state index in [1.165, 1.54) is 0 Å². The molecular formula is C11H13FN2. The van der Waals surface area contributed by atoms with Gasteiger partial charge < -0.3 is 10.3 Å². The maximum atomic E-state index is 13.5. The Morgan fingerprint density at radius 3 is 2.93 bits per heavy atom. The highest BCUT2D eigenvalue weighted by Gasteiger charge is 2.11. The van der Waals surface area contributed by atoms with Crippen molar-refractivity contribution in [1.29, 1.82) is 0 Å². The number of nitrogens with two attached hydrogens (primary N) is 1. The van der Waals surface area contributed by atoms with Crippen molar-refractivity contribution in [1.82, 2.24) is 4.57 Å². The van der Waals surface area contributed by atoms with Crippen LogP contribution in [-0.2, 0) is 7.05 Å². The van der Waals surface area contributed by atoms with Gasteiger partial charge in [0.2, 0.25) is 0 Å². The number of alkyl halides is 1. The minimum absolute atomic E-state index is 0.0357. The molecule has 0 saturated heterocycles. The van der Waals surface area contributed by atoms with Crippen molar-refractivity contribution < 1.29 is 4.39 Å². The highest BCUT2D eigenvalue weighted by molar-refractivity contribution is 5.84. The van der Waals surface area contributed by atoms with Gasteiger partial charge in [-0.2, -0.15) is 0 Å². The van der Waals surface area contributed by atoms with E-state index in [0.29, 0.717) is 5.56 Å². The quantitative estimate of drug-likeness (QED) is 0.776. The molecule has 2 N–H and O–H groups in total. The lowest BCUT2D eigenvalue weighted by atomic mass is 10.1. The van der Waals surface area contributed by atoms with Gasteiger partial charge in [-0.3, -0.25) is 0 Å². The van der Waals surface area contributed by atoms with Gasteiger partial charge in [0.05, 0.1) is 0 Å². The minimum atomic E-state index is -1.07. The van der Waals surface area contributed by atoms with Crippen molar-refractivity contribution in [3.05, 3.63) is 36.0 Å². The molecule has 1 aromatic heterocycles. The molecule has 2 nitrogen and oxygen atoms in total. The standard InChI is InChI=1S/C11H13FN2/c1-14-6-5-9-8(10(12)7-13)3-2-4-11(9)14/h2-6,10H,7,13H2,1H3. The van der Waals surface area contributed by atoms with Crippen LogP contribution in [-0.4, -0.2) is 11.1 Å². The van der Waals surface area contributed by atoms with E-state index in [9.17, 15) is 4.39 Å². The van der Waals surface area contributed by atoms with E-state index in [0.717, 1.165) is 10.9 Å². The summed E-state index contributed by atoms with van der Waals surface area (Å²) in [6.07, 6.45) is 0.860. The first-order valence-electron chi connectivity index (χ1n) is 4.62. The number of hydrogen-bond donors (Lipinski definition) is 1. The Bertz CT molecular complexity index is 447. The summed E-state index contributed by atoms with van der Waals surface area (Å²) in [5, 5.41) is 0.952. The lowest BCUT2D eigenvalue weighted by Gasteiger charge is -2.07. The van der Waals surface area contributed by atoms with E-state index in [1.54, 1.807) is 6.07 Å². The molecule has 74 valence electrons. The maximum Gasteiger partial charge on any atom is 0.138 e. The van der Waals surface area contributed by atoms with E-state index in [-0.39, 0.29) is 6.54 Å². The van der Waals surface area contributed by atoms with Gasteiger partial charge in [0.15, 0.2) is 0 Å². The second-order valence-electron chi connectivity index (χ2n) is 3.41. The number of fused-ring (bicyclic) bond motifs is 1. The van der Waals surface area contributed by atoms with Crippen LogP contribution in [0.2, 0.25) is 0 Å². The van der Waals surface area contributed by atoms with Gasteiger partial charge in [-0.05, 0) is 17.7 Å². The normalized spacial score (nSPS) is 13.4. The Labute approximate surface area is 82.1 Å². The topological polar surface area (TPSA) is 30.9 Å². The predicted octanol–water partition coefficient (Wildman–Crippen LogP) is 2.15. The maximum absolute atomic E-state index is 13.5. The molecule has 14 heavy (non-hydrogen) atoms. The Balaban J connectivity index is 2.65. The summed E-state index contributed by atoms with van der Waals surface area (Å²) >= 11 is 0. The average molecular weight is 192 g/mol. The third-order valence-electron chi connectivity index (χ3n) is 2.51.